The molecule has 1 aromatic carbocycles. The molecule has 0 amide bonds. The molecule has 1 nitrogen and oxygen atoms in total. The van der Waals surface area contributed by atoms with E-state index < -0.39 is 6.10 Å². The molecule has 1 atom stereocenters. The molecule has 0 bridgehead atoms. The van der Waals surface area contributed by atoms with Crippen molar-refractivity contribution in [1.82, 2.24) is 0 Å². The van der Waals surface area contributed by atoms with Crippen molar-refractivity contribution in [2.24, 2.45) is 0 Å². The van der Waals surface area contributed by atoms with Crippen molar-refractivity contribution in [2.75, 3.05) is 0 Å². The summed E-state index contributed by atoms with van der Waals surface area (Å²) in [5.41, 5.74) is 1.53. The zero-order valence-electron chi connectivity index (χ0n) is 10.4. The van der Waals surface area contributed by atoms with E-state index in [1.165, 1.54) is 17.0 Å². The van der Waals surface area contributed by atoms with Crippen LogP contribution in [0, 0.1) is 12.7 Å². The molecule has 2 aromatic rings. The van der Waals surface area contributed by atoms with Crippen LogP contribution in [0.1, 0.15) is 34.9 Å². The highest BCUT2D eigenvalue weighted by molar-refractivity contribution is 7.09. The van der Waals surface area contributed by atoms with Gasteiger partial charge in [-0.15, -0.1) is 11.3 Å². The number of rotatable bonds is 5. The second-order valence-corrected chi connectivity index (χ2v) is 5.58. The third kappa shape index (κ3) is 3.65. The third-order valence-corrected chi connectivity index (χ3v) is 3.87. The van der Waals surface area contributed by atoms with Gasteiger partial charge in [-0.25, -0.2) is 4.39 Å². The first-order valence-electron chi connectivity index (χ1n) is 6.12. The molecule has 2 rings (SSSR count). The Balaban J connectivity index is 1.89. The predicted octanol–water partition coefficient (Wildman–Crippen LogP) is 4.25. The lowest BCUT2D eigenvalue weighted by molar-refractivity contribution is 0.164. The highest BCUT2D eigenvalue weighted by Gasteiger charge is 2.09. The minimum atomic E-state index is -0.570. The maximum Gasteiger partial charge on any atom is 0.123 e. The largest absolute Gasteiger partial charge is 0.388 e. The summed E-state index contributed by atoms with van der Waals surface area (Å²) in [7, 11) is 0. The second kappa shape index (κ2) is 6.12. The first-order valence-corrected chi connectivity index (χ1v) is 7.00. The Hall–Kier alpha value is -1.19. The number of hydrogen-bond donors (Lipinski definition) is 1. The van der Waals surface area contributed by atoms with E-state index in [0.29, 0.717) is 12.0 Å². The van der Waals surface area contributed by atoms with Gasteiger partial charge in [0, 0.05) is 4.88 Å². The molecule has 1 N–H and O–H groups in total. The number of benzene rings is 1. The predicted molar refractivity (Wildman–Crippen MR) is 73.4 cm³/mol. The molecule has 0 aliphatic rings. The van der Waals surface area contributed by atoms with Gasteiger partial charge in [0.1, 0.15) is 5.82 Å². The average molecular weight is 264 g/mol. The van der Waals surface area contributed by atoms with Crippen LogP contribution >= 0.6 is 11.3 Å². The summed E-state index contributed by atoms with van der Waals surface area (Å²) in [4.78, 5) is 1.33. The van der Waals surface area contributed by atoms with Gasteiger partial charge < -0.3 is 5.11 Å². The third-order valence-electron chi connectivity index (χ3n) is 2.93. The SMILES string of the molecule is Cc1cc(F)cc(C(O)CCCc2cccs2)c1. The Labute approximate surface area is 111 Å². The van der Waals surface area contributed by atoms with Crippen LogP contribution in [-0.4, -0.2) is 5.11 Å². The normalized spacial score (nSPS) is 12.6. The molecule has 96 valence electrons. The van der Waals surface area contributed by atoms with Gasteiger partial charge in [0.05, 0.1) is 6.10 Å². The van der Waals surface area contributed by atoms with Gasteiger partial charge in [-0.1, -0.05) is 12.1 Å². The molecule has 0 fully saturated rings. The Bertz CT molecular complexity index is 473. The molecule has 0 saturated heterocycles. The lowest BCUT2D eigenvalue weighted by Crippen LogP contribution is -1.99. The fourth-order valence-electron chi connectivity index (χ4n) is 2.05. The Kier molecular flexibility index (Phi) is 4.50. The number of halogens is 1. The van der Waals surface area contributed by atoms with Crippen LogP contribution in [0.2, 0.25) is 0 Å². The molecule has 0 radical (unpaired) electrons. The molecule has 0 spiro atoms. The van der Waals surface area contributed by atoms with Gasteiger partial charge in [0.25, 0.3) is 0 Å². The van der Waals surface area contributed by atoms with Crippen molar-refractivity contribution in [3.63, 3.8) is 0 Å². The maximum atomic E-state index is 13.2. The van der Waals surface area contributed by atoms with E-state index in [2.05, 4.69) is 11.4 Å². The van der Waals surface area contributed by atoms with Crippen LogP contribution in [0.15, 0.2) is 35.7 Å². The van der Waals surface area contributed by atoms with Crippen LogP contribution < -0.4 is 0 Å². The smallest absolute Gasteiger partial charge is 0.123 e. The van der Waals surface area contributed by atoms with Crippen LogP contribution in [0.5, 0.6) is 0 Å². The molecule has 1 unspecified atom stereocenters. The highest BCUT2D eigenvalue weighted by atomic mass is 32.1. The minimum Gasteiger partial charge on any atom is -0.388 e. The van der Waals surface area contributed by atoms with Gasteiger partial charge in [0.15, 0.2) is 0 Å². The van der Waals surface area contributed by atoms with Gasteiger partial charge in [-0.05, 0) is 60.9 Å². The van der Waals surface area contributed by atoms with E-state index in [0.717, 1.165) is 18.4 Å². The Morgan fingerprint density at radius 3 is 2.83 bits per heavy atom. The van der Waals surface area contributed by atoms with Crippen molar-refractivity contribution >= 4 is 11.3 Å². The van der Waals surface area contributed by atoms with Gasteiger partial charge in [0.2, 0.25) is 0 Å². The van der Waals surface area contributed by atoms with E-state index in [9.17, 15) is 9.50 Å². The number of aliphatic hydroxyl groups is 1. The molecule has 3 heteroatoms. The lowest BCUT2D eigenvalue weighted by atomic mass is 10.0. The summed E-state index contributed by atoms with van der Waals surface area (Å²) >= 11 is 1.73. The summed E-state index contributed by atoms with van der Waals surface area (Å²) in [6.07, 6.45) is 1.99. The topological polar surface area (TPSA) is 20.2 Å². The minimum absolute atomic E-state index is 0.276. The fourth-order valence-corrected chi connectivity index (χ4v) is 2.80. The molecule has 1 aromatic heterocycles. The lowest BCUT2D eigenvalue weighted by Gasteiger charge is -2.11. The van der Waals surface area contributed by atoms with Crippen molar-refractivity contribution < 1.29 is 9.50 Å². The van der Waals surface area contributed by atoms with Crippen LogP contribution in [0.4, 0.5) is 4.39 Å². The van der Waals surface area contributed by atoms with E-state index in [-0.39, 0.29) is 5.82 Å². The van der Waals surface area contributed by atoms with Crippen molar-refractivity contribution in [3.8, 4) is 0 Å². The number of hydrogen-bond acceptors (Lipinski definition) is 2. The standard InChI is InChI=1S/C15H17FOS/c1-11-8-12(10-13(16)9-11)15(17)6-2-4-14-5-3-7-18-14/h3,5,7-10,15,17H,2,4,6H2,1H3. The van der Waals surface area contributed by atoms with Gasteiger partial charge in [-0.2, -0.15) is 0 Å². The molecule has 0 aliphatic heterocycles. The summed E-state index contributed by atoms with van der Waals surface area (Å²) < 4.78 is 13.2. The molecular weight excluding hydrogens is 247 g/mol. The fraction of sp³-hybridized carbons (Fsp3) is 0.333. The summed E-state index contributed by atoms with van der Waals surface area (Å²) in [5, 5.41) is 12.1. The van der Waals surface area contributed by atoms with Crippen LogP contribution in [0.3, 0.4) is 0 Å². The zero-order valence-corrected chi connectivity index (χ0v) is 11.2. The summed E-state index contributed by atoms with van der Waals surface area (Å²) in [6.45, 7) is 1.84. The molecular formula is C15H17FOS. The van der Waals surface area contributed by atoms with Crippen LogP contribution in [0.25, 0.3) is 0 Å². The second-order valence-electron chi connectivity index (χ2n) is 4.55. The first kappa shape index (κ1) is 13.2. The van der Waals surface area contributed by atoms with Gasteiger partial charge >= 0.3 is 0 Å². The summed E-state index contributed by atoms with van der Waals surface area (Å²) in [5.74, 6) is -0.276. The maximum absolute atomic E-state index is 13.2. The monoisotopic (exact) mass is 264 g/mol. The van der Waals surface area contributed by atoms with Crippen molar-refractivity contribution in [1.29, 1.82) is 0 Å². The average Bonchev–Trinajstić information content (AvgIpc) is 2.80. The van der Waals surface area contributed by atoms with Crippen LogP contribution in [-0.2, 0) is 6.42 Å². The van der Waals surface area contributed by atoms with E-state index >= 15 is 0 Å². The van der Waals surface area contributed by atoms with E-state index in [1.54, 1.807) is 11.3 Å². The molecule has 0 saturated carbocycles. The number of aliphatic hydroxyl groups excluding tert-OH is 1. The van der Waals surface area contributed by atoms with E-state index in [1.807, 2.05) is 19.1 Å². The summed E-state index contributed by atoms with van der Waals surface area (Å²) in [6, 6.07) is 8.87. The Morgan fingerprint density at radius 1 is 1.33 bits per heavy atom. The zero-order chi connectivity index (χ0) is 13.0. The van der Waals surface area contributed by atoms with E-state index in [4.69, 9.17) is 0 Å². The highest BCUT2D eigenvalue weighted by Crippen LogP contribution is 2.22. The quantitative estimate of drug-likeness (QED) is 0.856. The first-order chi connectivity index (χ1) is 8.65. The van der Waals surface area contributed by atoms with Crippen molar-refractivity contribution in [3.05, 3.63) is 57.5 Å². The molecule has 1 heterocycles. The molecule has 0 aliphatic carbocycles. The number of aryl methyl sites for hydroxylation is 2. The number of thiophene rings is 1. The van der Waals surface area contributed by atoms with Crippen molar-refractivity contribution in [2.45, 2.75) is 32.3 Å². The molecule has 18 heavy (non-hydrogen) atoms. The Morgan fingerprint density at radius 2 is 2.17 bits per heavy atom. The van der Waals surface area contributed by atoms with Gasteiger partial charge in [-0.3, -0.25) is 0 Å².